The second-order valence-corrected chi connectivity index (χ2v) is 8.16. The van der Waals surface area contributed by atoms with Crippen LogP contribution in [-0.4, -0.2) is 21.7 Å². The summed E-state index contributed by atoms with van der Waals surface area (Å²) in [6, 6.07) is 14.9. The number of carbonyl (C=O) groups excluding carboxylic acids is 1. The summed E-state index contributed by atoms with van der Waals surface area (Å²) < 4.78 is 1.48. The summed E-state index contributed by atoms with van der Waals surface area (Å²) in [5.41, 5.74) is 2.93. The quantitative estimate of drug-likeness (QED) is 0.444. The van der Waals surface area contributed by atoms with Crippen molar-refractivity contribution >= 4 is 29.3 Å². The maximum Gasteiger partial charge on any atom is 0.319 e. The summed E-state index contributed by atoms with van der Waals surface area (Å²) in [7, 11) is 0. The monoisotopic (exact) mass is 467 g/mol. The number of carbonyl (C=O) groups is 2. The van der Waals surface area contributed by atoms with Crippen molar-refractivity contribution in [3.05, 3.63) is 98.4 Å². The molecule has 0 bridgehead atoms. The molecule has 33 heavy (non-hydrogen) atoms. The summed E-state index contributed by atoms with van der Waals surface area (Å²) in [5.74, 6) is -1.04. The van der Waals surface area contributed by atoms with Crippen LogP contribution in [0.5, 0.6) is 0 Å². The molecule has 0 spiro atoms. The number of carboxylic acid groups (broad SMARTS) is 1. The Morgan fingerprint density at radius 2 is 1.76 bits per heavy atom. The topological polar surface area (TPSA) is 100 Å². The van der Waals surface area contributed by atoms with E-state index in [4.69, 9.17) is 11.6 Å². The van der Waals surface area contributed by atoms with Crippen molar-refractivity contribution in [3.63, 3.8) is 0 Å². The van der Waals surface area contributed by atoms with Crippen molar-refractivity contribution in [1.29, 1.82) is 0 Å². The number of urea groups is 1. The van der Waals surface area contributed by atoms with Gasteiger partial charge in [0, 0.05) is 11.2 Å². The molecule has 2 amide bonds. The van der Waals surface area contributed by atoms with Crippen LogP contribution in [0.2, 0.25) is 5.02 Å². The third-order valence-corrected chi connectivity index (χ3v) is 5.70. The number of aryl methyl sites for hydroxylation is 2. The SMILES string of the molecule is CCc1ccn(Cc2ccccc2Cl)c(=O)c1NC(=O)N[C@@H](CC(=O)O)c1ccc(C)cc1. The van der Waals surface area contributed by atoms with Crippen molar-refractivity contribution in [2.45, 2.75) is 39.3 Å². The zero-order valence-corrected chi connectivity index (χ0v) is 19.2. The molecule has 3 N–H and O–H groups in total. The van der Waals surface area contributed by atoms with Crippen molar-refractivity contribution in [3.8, 4) is 0 Å². The highest BCUT2D eigenvalue weighted by Gasteiger charge is 2.20. The number of anilines is 1. The molecule has 1 heterocycles. The van der Waals surface area contributed by atoms with Gasteiger partial charge in [0.15, 0.2) is 0 Å². The first kappa shape index (κ1) is 24.1. The van der Waals surface area contributed by atoms with Gasteiger partial charge in [0.1, 0.15) is 5.69 Å². The molecular formula is C25H26ClN3O4. The maximum atomic E-state index is 13.2. The highest BCUT2D eigenvalue weighted by atomic mass is 35.5. The van der Waals surface area contributed by atoms with Crippen molar-refractivity contribution in [1.82, 2.24) is 9.88 Å². The molecule has 3 rings (SSSR count). The maximum absolute atomic E-state index is 13.2. The van der Waals surface area contributed by atoms with Gasteiger partial charge in [-0.1, -0.05) is 66.6 Å². The summed E-state index contributed by atoms with van der Waals surface area (Å²) in [6.07, 6.45) is 1.92. The Kier molecular flexibility index (Phi) is 7.90. The second-order valence-electron chi connectivity index (χ2n) is 7.75. The molecule has 0 unspecified atom stereocenters. The number of amides is 2. The van der Waals surface area contributed by atoms with Crippen LogP contribution in [0.25, 0.3) is 0 Å². The van der Waals surface area contributed by atoms with E-state index < -0.39 is 18.0 Å². The molecule has 3 aromatic rings. The first-order chi connectivity index (χ1) is 15.8. The van der Waals surface area contributed by atoms with Crippen molar-refractivity contribution in [2.75, 3.05) is 5.32 Å². The van der Waals surface area contributed by atoms with Gasteiger partial charge in [-0.3, -0.25) is 9.59 Å². The van der Waals surface area contributed by atoms with E-state index in [-0.39, 0.29) is 24.2 Å². The van der Waals surface area contributed by atoms with E-state index in [1.807, 2.05) is 44.2 Å². The number of pyridine rings is 1. The Morgan fingerprint density at radius 3 is 2.39 bits per heavy atom. The number of nitrogens with zero attached hydrogens (tertiary/aromatic N) is 1. The van der Waals surface area contributed by atoms with Gasteiger partial charge in [-0.15, -0.1) is 0 Å². The largest absolute Gasteiger partial charge is 0.481 e. The fourth-order valence-electron chi connectivity index (χ4n) is 3.51. The number of hydrogen-bond donors (Lipinski definition) is 3. The molecule has 0 radical (unpaired) electrons. The van der Waals surface area contributed by atoms with E-state index >= 15 is 0 Å². The highest BCUT2D eigenvalue weighted by molar-refractivity contribution is 6.31. The van der Waals surface area contributed by atoms with Gasteiger partial charge in [0.05, 0.1) is 19.0 Å². The van der Waals surface area contributed by atoms with Gasteiger partial charge in [-0.25, -0.2) is 4.79 Å². The number of hydrogen-bond acceptors (Lipinski definition) is 3. The third kappa shape index (κ3) is 6.23. The zero-order chi connectivity index (χ0) is 24.0. The molecular weight excluding hydrogens is 442 g/mol. The van der Waals surface area contributed by atoms with Gasteiger partial charge in [0.25, 0.3) is 5.56 Å². The number of aliphatic carboxylic acids is 1. The zero-order valence-electron chi connectivity index (χ0n) is 18.5. The summed E-state index contributed by atoms with van der Waals surface area (Å²) in [6.45, 7) is 4.06. The molecule has 0 aliphatic rings. The summed E-state index contributed by atoms with van der Waals surface area (Å²) in [5, 5.41) is 15.2. The number of aromatic nitrogens is 1. The molecule has 7 nitrogen and oxygen atoms in total. The lowest BCUT2D eigenvalue weighted by Gasteiger charge is -2.19. The molecule has 1 atom stereocenters. The van der Waals surface area contributed by atoms with E-state index in [0.717, 1.165) is 11.1 Å². The molecule has 0 aliphatic heterocycles. The molecule has 1 aromatic heterocycles. The van der Waals surface area contributed by atoms with Crippen LogP contribution in [0.1, 0.15) is 41.6 Å². The van der Waals surface area contributed by atoms with E-state index in [2.05, 4.69) is 10.6 Å². The van der Waals surface area contributed by atoms with Gasteiger partial charge in [-0.05, 0) is 42.2 Å². The van der Waals surface area contributed by atoms with Crippen LogP contribution >= 0.6 is 11.6 Å². The average Bonchev–Trinajstić information content (AvgIpc) is 2.78. The molecule has 0 saturated carbocycles. The molecule has 0 aliphatic carbocycles. The Hall–Kier alpha value is -3.58. The number of nitrogens with one attached hydrogen (secondary N) is 2. The van der Waals surface area contributed by atoms with E-state index in [9.17, 15) is 19.5 Å². The Bertz CT molecular complexity index is 1210. The minimum Gasteiger partial charge on any atom is -0.481 e. The average molecular weight is 468 g/mol. The Balaban J connectivity index is 1.85. The molecule has 0 saturated heterocycles. The van der Waals surface area contributed by atoms with Gasteiger partial charge in [-0.2, -0.15) is 0 Å². The van der Waals surface area contributed by atoms with Crippen molar-refractivity contribution in [2.24, 2.45) is 0 Å². The normalized spacial score (nSPS) is 11.6. The third-order valence-electron chi connectivity index (χ3n) is 5.33. The van der Waals surface area contributed by atoms with Crippen LogP contribution < -0.4 is 16.2 Å². The van der Waals surface area contributed by atoms with E-state index in [1.54, 1.807) is 30.5 Å². The summed E-state index contributed by atoms with van der Waals surface area (Å²) in [4.78, 5) is 37.3. The molecule has 0 fully saturated rings. The smallest absolute Gasteiger partial charge is 0.319 e. The lowest BCUT2D eigenvalue weighted by atomic mass is 10.0. The summed E-state index contributed by atoms with van der Waals surface area (Å²) >= 11 is 6.23. The van der Waals surface area contributed by atoms with Crippen LogP contribution in [0.3, 0.4) is 0 Å². The van der Waals surface area contributed by atoms with Crippen LogP contribution in [0.15, 0.2) is 65.6 Å². The van der Waals surface area contributed by atoms with Gasteiger partial charge < -0.3 is 20.3 Å². The standard InChI is InChI=1S/C25H26ClN3O4/c1-3-17-12-13-29(15-19-6-4-5-7-20(19)26)24(32)23(17)28-25(33)27-21(14-22(30)31)18-10-8-16(2)9-11-18/h4-13,21H,3,14-15H2,1-2H3,(H,30,31)(H2,27,28,33)/t21-/m0/s1. The van der Waals surface area contributed by atoms with Crippen molar-refractivity contribution < 1.29 is 14.7 Å². The molecule has 8 heteroatoms. The second kappa shape index (κ2) is 10.8. The first-order valence-corrected chi connectivity index (χ1v) is 11.0. The Labute approximate surface area is 197 Å². The predicted molar refractivity (Wildman–Crippen MR) is 129 cm³/mol. The van der Waals surface area contributed by atoms with Gasteiger partial charge >= 0.3 is 12.0 Å². The fourth-order valence-corrected chi connectivity index (χ4v) is 3.70. The minimum absolute atomic E-state index is 0.155. The van der Waals surface area contributed by atoms with Crippen LogP contribution in [0.4, 0.5) is 10.5 Å². The van der Waals surface area contributed by atoms with Gasteiger partial charge in [0.2, 0.25) is 0 Å². The van der Waals surface area contributed by atoms with Crippen LogP contribution in [-0.2, 0) is 17.8 Å². The fraction of sp³-hybridized carbons (Fsp3) is 0.240. The number of rotatable bonds is 8. The van der Waals surface area contributed by atoms with E-state index in [0.29, 0.717) is 22.6 Å². The first-order valence-electron chi connectivity index (χ1n) is 10.6. The molecule has 172 valence electrons. The predicted octanol–water partition coefficient (Wildman–Crippen LogP) is 4.76. The van der Waals surface area contributed by atoms with Crippen LogP contribution in [0, 0.1) is 6.92 Å². The lowest BCUT2D eigenvalue weighted by molar-refractivity contribution is -0.137. The number of halogens is 1. The number of carboxylic acids is 1. The lowest BCUT2D eigenvalue weighted by Crippen LogP contribution is -2.36. The Morgan fingerprint density at radius 1 is 1.06 bits per heavy atom. The number of benzene rings is 2. The highest BCUT2D eigenvalue weighted by Crippen LogP contribution is 2.19. The van der Waals surface area contributed by atoms with E-state index in [1.165, 1.54) is 4.57 Å². The minimum atomic E-state index is -1.04. The molecule has 2 aromatic carbocycles.